The van der Waals surface area contributed by atoms with Crippen molar-refractivity contribution < 1.29 is 4.79 Å². The van der Waals surface area contributed by atoms with Gasteiger partial charge in [0.05, 0.1) is 6.20 Å². The van der Waals surface area contributed by atoms with Crippen LogP contribution < -0.4 is 10.9 Å². The molecule has 3 aromatic rings. The predicted molar refractivity (Wildman–Crippen MR) is 87.3 cm³/mol. The molecule has 0 fully saturated rings. The highest BCUT2D eigenvalue weighted by Crippen LogP contribution is 2.15. The number of hydrogen-bond acceptors (Lipinski definition) is 4. The van der Waals surface area contributed by atoms with Crippen LogP contribution in [0.4, 0.5) is 5.69 Å². The normalized spacial score (nSPS) is 10.9. The second-order valence-corrected chi connectivity index (χ2v) is 5.55. The number of carbonyl (C=O) groups is 1. The molecule has 0 unspecified atom stereocenters. The molecule has 0 aliphatic carbocycles. The number of aromatic nitrogens is 4. The van der Waals surface area contributed by atoms with E-state index in [0.717, 1.165) is 16.8 Å². The van der Waals surface area contributed by atoms with E-state index in [1.165, 1.54) is 21.8 Å². The van der Waals surface area contributed by atoms with E-state index in [0.29, 0.717) is 11.0 Å². The highest BCUT2D eigenvalue weighted by atomic mass is 16.2. The minimum atomic E-state index is -0.279. The molecule has 0 saturated carbocycles. The monoisotopic (exact) mass is 311 g/mol. The standard InChI is InChI=1S/C16H17N5O2/c1-10-4-5-13(11(2)6-10)19-14(22)8-21-9-17-15-12(16(21)23)7-18-20(15)3/h4-7,9H,8H2,1-3H3,(H,19,22). The molecule has 0 aliphatic rings. The second-order valence-electron chi connectivity index (χ2n) is 5.55. The first kappa shape index (κ1) is 15.0. The first-order valence-corrected chi connectivity index (χ1v) is 7.20. The smallest absolute Gasteiger partial charge is 0.264 e. The molecule has 0 saturated heterocycles. The van der Waals surface area contributed by atoms with Crippen LogP contribution in [0.2, 0.25) is 0 Å². The summed E-state index contributed by atoms with van der Waals surface area (Å²) in [6, 6.07) is 5.77. The Morgan fingerprint density at radius 3 is 2.83 bits per heavy atom. The lowest BCUT2D eigenvalue weighted by Gasteiger charge is -2.10. The molecule has 1 amide bonds. The fourth-order valence-electron chi connectivity index (χ4n) is 2.48. The van der Waals surface area contributed by atoms with Crippen LogP contribution in [0.25, 0.3) is 11.0 Å². The third kappa shape index (κ3) is 2.85. The summed E-state index contributed by atoms with van der Waals surface area (Å²) in [6.07, 6.45) is 2.83. The quantitative estimate of drug-likeness (QED) is 0.792. The van der Waals surface area contributed by atoms with Gasteiger partial charge in [-0.05, 0) is 25.5 Å². The van der Waals surface area contributed by atoms with E-state index in [1.807, 2.05) is 32.0 Å². The molecule has 1 aromatic carbocycles. The summed E-state index contributed by atoms with van der Waals surface area (Å²) < 4.78 is 2.81. The van der Waals surface area contributed by atoms with Crippen molar-refractivity contribution in [2.75, 3.05) is 5.32 Å². The highest BCUT2D eigenvalue weighted by Gasteiger charge is 2.11. The molecule has 0 aliphatic heterocycles. The largest absolute Gasteiger partial charge is 0.324 e. The van der Waals surface area contributed by atoms with E-state index in [2.05, 4.69) is 15.4 Å². The topological polar surface area (TPSA) is 81.8 Å². The Labute approximate surface area is 132 Å². The Morgan fingerprint density at radius 2 is 2.09 bits per heavy atom. The maximum absolute atomic E-state index is 12.3. The molecule has 2 heterocycles. The average Bonchev–Trinajstić information content (AvgIpc) is 2.87. The number of hydrogen-bond donors (Lipinski definition) is 1. The zero-order valence-corrected chi connectivity index (χ0v) is 13.2. The minimum absolute atomic E-state index is 0.0933. The van der Waals surface area contributed by atoms with E-state index in [4.69, 9.17) is 0 Å². The summed E-state index contributed by atoms with van der Waals surface area (Å²) in [4.78, 5) is 28.7. The van der Waals surface area contributed by atoms with Crippen molar-refractivity contribution in [3.63, 3.8) is 0 Å². The molecule has 3 rings (SSSR count). The summed E-state index contributed by atoms with van der Waals surface area (Å²) >= 11 is 0. The minimum Gasteiger partial charge on any atom is -0.324 e. The van der Waals surface area contributed by atoms with Gasteiger partial charge in [-0.25, -0.2) is 4.98 Å². The van der Waals surface area contributed by atoms with Gasteiger partial charge in [-0.2, -0.15) is 5.10 Å². The van der Waals surface area contributed by atoms with Gasteiger partial charge in [0.15, 0.2) is 5.65 Å². The number of benzene rings is 1. The molecule has 2 aromatic heterocycles. The van der Waals surface area contributed by atoms with Crippen LogP contribution in [0, 0.1) is 13.8 Å². The number of amides is 1. The molecule has 0 radical (unpaired) electrons. The van der Waals surface area contributed by atoms with Gasteiger partial charge in [-0.3, -0.25) is 18.8 Å². The van der Waals surface area contributed by atoms with Crippen LogP contribution in [-0.2, 0) is 18.4 Å². The molecule has 0 spiro atoms. The van der Waals surface area contributed by atoms with Crippen LogP contribution in [0.15, 0.2) is 35.5 Å². The zero-order valence-electron chi connectivity index (χ0n) is 13.2. The molecule has 7 nitrogen and oxygen atoms in total. The van der Waals surface area contributed by atoms with Crippen molar-refractivity contribution in [3.05, 3.63) is 52.2 Å². The Hall–Kier alpha value is -2.96. The summed E-state index contributed by atoms with van der Waals surface area (Å²) in [5, 5.41) is 7.22. The molecular weight excluding hydrogens is 294 g/mol. The maximum atomic E-state index is 12.3. The molecule has 23 heavy (non-hydrogen) atoms. The van der Waals surface area contributed by atoms with Gasteiger partial charge in [0.1, 0.15) is 18.3 Å². The number of rotatable bonds is 3. The lowest BCUT2D eigenvalue weighted by atomic mass is 10.1. The Balaban J connectivity index is 1.83. The SMILES string of the molecule is Cc1ccc(NC(=O)Cn2cnc3c(cnn3C)c2=O)c(C)c1. The van der Waals surface area contributed by atoms with Crippen molar-refractivity contribution in [1.82, 2.24) is 19.3 Å². The van der Waals surface area contributed by atoms with E-state index in [1.54, 1.807) is 7.05 Å². The van der Waals surface area contributed by atoms with Crippen LogP contribution in [0.5, 0.6) is 0 Å². The van der Waals surface area contributed by atoms with Gasteiger partial charge < -0.3 is 5.32 Å². The summed E-state index contributed by atoms with van der Waals surface area (Å²) in [6.45, 7) is 3.83. The van der Waals surface area contributed by atoms with Crippen molar-refractivity contribution >= 4 is 22.6 Å². The van der Waals surface area contributed by atoms with Gasteiger partial charge in [-0.15, -0.1) is 0 Å². The lowest BCUT2D eigenvalue weighted by Crippen LogP contribution is -2.28. The highest BCUT2D eigenvalue weighted by molar-refractivity contribution is 5.91. The molecule has 1 N–H and O–H groups in total. The van der Waals surface area contributed by atoms with Gasteiger partial charge >= 0.3 is 0 Å². The summed E-state index contributed by atoms with van der Waals surface area (Å²) in [7, 11) is 1.71. The van der Waals surface area contributed by atoms with Crippen LogP contribution in [-0.4, -0.2) is 25.2 Å². The number of fused-ring (bicyclic) bond motifs is 1. The zero-order chi connectivity index (χ0) is 16.6. The van der Waals surface area contributed by atoms with Crippen molar-refractivity contribution in [2.45, 2.75) is 20.4 Å². The number of nitrogens with one attached hydrogen (secondary N) is 1. The Bertz CT molecular complexity index is 955. The molecule has 118 valence electrons. The van der Waals surface area contributed by atoms with Crippen molar-refractivity contribution in [1.29, 1.82) is 0 Å². The number of anilines is 1. The fraction of sp³-hybridized carbons (Fsp3) is 0.250. The third-order valence-electron chi connectivity index (χ3n) is 3.69. The van der Waals surface area contributed by atoms with E-state index < -0.39 is 0 Å². The van der Waals surface area contributed by atoms with Crippen LogP contribution in [0.1, 0.15) is 11.1 Å². The van der Waals surface area contributed by atoms with Gasteiger partial charge in [0.25, 0.3) is 5.56 Å². The van der Waals surface area contributed by atoms with E-state index >= 15 is 0 Å². The fourth-order valence-corrected chi connectivity index (χ4v) is 2.48. The van der Waals surface area contributed by atoms with Crippen LogP contribution in [0.3, 0.4) is 0 Å². The first-order chi connectivity index (χ1) is 11.0. The average molecular weight is 311 g/mol. The second kappa shape index (κ2) is 5.68. The van der Waals surface area contributed by atoms with Crippen LogP contribution >= 0.6 is 0 Å². The third-order valence-corrected chi connectivity index (χ3v) is 3.69. The molecule has 7 heteroatoms. The molecular formula is C16H17N5O2. The number of carbonyl (C=O) groups excluding carboxylic acids is 1. The Morgan fingerprint density at radius 1 is 1.30 bits per heavy atom. The predicted octanol–water partition coefficient (Wildman–Crippen LogP) is 1.39. The van der Waals surface area contributed by atoms with Gasteiger partial charge in [0, 0.05) is 12.7 Å². The van der Waals surface area contributed by atoms with E-state index in [9.17, 15) is 9.59 Å². The summed E-state index contributed by atoms with van der Waals surface area (Å²) in [5.74, 6) is -0.274. The van der Waals surface area contributed by atoms with Crippen molar-refractivity contribution in [2.24, 2.45) is 7.05 Å². The molecule has 0 atom stereocenters. The van der Waals surface area contributed by atoms with E-state index in [-0.39, 0.29) is 18.0 Å². The number of nitrogens with zero attached hydrogens (tertiary/aromatic N) is 4. The number of aryl methyl sites for hydroxylation is 3. The lowest BCUT2D eigenvalue weighted by molar-refractivity contribution is -0.116. The first-order valence-electron chi connectivity index (χ1n) is 7.20. The van der Waals surface area contributed by atoms with Gasteiger partial charge in [-0.1, -0.05) is 17.7 Å². The maximum Gasteiger partial charge on any atom is 0.264 e. The summed E-state index contributed by atoms with van der Waals surface area (Å²) in [5.41, 5.74) is 3.07. The molecule has 0 bridgehead atoms. The van der Waals surface area contributed by atoms with Crippen molar-refractivity contribution in [3.8, 4) is 0 Å². The Kier molecular flexibility index (Phi) is 3.69. The van der Waals surface area contributed by atoms with Gasteiger partial charge in [0.2, 0.25) is 5.91 Å².